The monoisotopic (exact) mass is 396 g/mol. The molecule has 0 saturated heterocycles. The number of hydrogen-bond acceptors (Lipinski definition) is 5. The molecule has 1 N–H and O–H groups in total. The minimum atomic E-state index is -0.222. The standard InChI is InChI=1S/C14H13BrN4OS2/c1-8(2)19-12(3-4-16-19)18-13(20)10-7-22-14(17-10)11-5-9(15)6-21-11/h3-8H,1-2H3,(H,18,20). The van der Waals surface area contributed by atoms with Gasteiger partial charge < -0.3 is 5.32 Å². The number of amides is 1. The van der Waals surface area contributed by atoms with Crippen molar-refractivity contribution >= 4 is 50.3 Å². The summed E-state index contributed by atoms with van der Waals surface area (Å²) in [4.78, 5) is 17.8. The predicted molar refractivity (Wildman–Crippen MR) is 93.7 cm³/mol. The Bertz CT molecular complexity index is 805. The summed E-state index contributed by atoms with van der Waals surface area (Å²) >= 11 is 6.48. The minimum absolute atomic E-state index is 0.180. The lowest BCUT2D eigenvalue weighted by molar-refractivity contribution is 0.102. The molecule has 8 heteroatoms. The molecule has 0 aliphatic rings. The van der Waals surface area contributed by atoms with E-state index in [4.69, 9.17) is 0 Å². The van der Waals surface area contributed by atoms with Crippen LogP contribution in [0.4, 0.5) is 5.82 Å². The molecule has 0 bridgehead atoms. The fourth-order valence-corrected chi connectivity index (χ4v) is 4.23. The molecule has 0 radical (unpaired) electrons. The topological polar surface area (TPSA) is 59.8 Å². The number of thiophene rings is 1. The Labute approximate surface area is 144 Å². The van der Waals surface area contributed by atoms with E-state index < -0.39 is 0 Å². The molecule has 0 aromatic carbocycles. The Hall–Kier alpha value is -1.51. The molecule has 22 heavy (non-hydrogen) atoms. The van der Waals surface area contributed by atoms with Crippen LogP contribution in [0, 0.1) is 0 Å². The molecular weight excluding hydrogens is 384 g/mol. The fourth-order valence-electron chi connectivity index (χ4n) is 1.92. The number of nitrogens with one attached hydrogen (secondary N) is 1. The van der Waals surface area contributed by atoms with E-state index in [0.29, 0.717) is 11.5 Å². The van der Waals surface area contributed by atoms with Crippen molar-refractivity contribution in [1.82, 2.24) is 14.8 Å². The van der Waals surface area contributed by atoms with E-state index in [1.165, 1.54) is 11.3 Å². The highest BCUT2D eigenvalue weighted by atomic mass is 79.9. The largest absolute Gasteiger partial charge is 0.305 e. The second-order valence-electron chi connectivity index (χ2n) is 4.88. The van der Waals surface area contributed by atoms with Crippen LogP contribution in [0.3, 0.4) is 0 Å². The Morgan fingerprint density at radius 3 is 2.86 bits per heavy atom. The van der Waals surface area contributed by atoms with Gasteiger partial charge in [0.05, 0.1) is 11.1 Å². The summed E-state index contributed by atoms with van der Waals surface area (Å²) < 4.78 is 2.79. The lowest BCUT2D eigenvalue weighted by Crippen LogP contribution is -2.17. The predicted octanol–water partition coefficient (Wildman–Crippen LogP) is 4.66. The zero-order chi connectivity index (χ0) is 15.7. The van der Waals surface area contributed by atoms with E-state index >= 15 is 0 Å². The molecule has 0 unspecified atom stereocenters. The number of aromatic nitrogens is 3. The molecule has 0 fully saturated rings. The van der Waals surface area contributed by atoms with Gasteiger partial charge in [-0.05, 0) is 35.8 Å². The van der Waals surface area contributed by atoms with Crippen LogP contribution in [0.25, 0.3) is 9.88 Å². The number of halogens is 1. The van der Waals surface area contributed by atoms with Crippen molar-refractivity contribution in [1.29, 1.82) is 0 Å². The van der Waals surface area contributed by atoms with Gasteiger partial charge in [-0.3, -0.25) is 4.79 Å². The van der Waals surface area contributed by atoms with Crippen LogP contribution < -0.4 is 5.32 Å². The van der Waals surface area contributed by atoms with E-state index in [-0.39, 0.29) is 11.9 Å². The maximum atomic E-state index is 12.3. The molecular formula is C14H13BrN4OS2. The molecule has 3 aromatic rings. The van der Waals surface area contributed by atoms with Gasteiger partial charge in [0.1, 0.15) is 16.5 Å². The molecule has 3 rings (SSSR count). The summed E-state index contributed by atoms with van der Waals surface area (Å²) in [5.41, 5.74) is 0.418. The fraction of sp³-hybridized carbons (Fsp3) is 0.214. The highest BCUT2D eigenvalue weighted by Crippen LogP contribution is 2.32. The third-order valence-corrected chi connectivity index (χ3v) is 5.62. The Balaban J connectivity index is 1.78. The van der Waals surface area contributed by atoms with E-state index in [9.17, 15) is 4.79 Å². The first-order valence-electron chi connectivity index (χ1n) is 6.59. The average Bonchev–Trinajstić information content (AvgIpc) is 3.16. The highest BCUT2D eigenvalue weighted by molar-refractivity contribution is 9.10. The summed E-state index contributed by atoms with van der Waals surface area (Å²) in [7, 11) is 0. The highest BCUT2D eigenvalue weighted by Gasteiger charge is 2.15. The van der Waals surface area contributed by atoms with Crippen molar-refractivity contribution in [3.05, 3.63) is 39.3 Å². The molecule has 0 aliphatic carbocycles. The minimum Gasteiger partial charge on any atom is -0.305 e. The maximum Gasteiger partial charge on any atom is 0.276 e. The van der Waals surface area contributed by atoms with E-state index in [1.807, 2.05) is 25.3 Å². The van der Waals surface area contributed by atoms with Crippen molar-refractivity contribution in [2.45, 2.75) is 19.9 Å². The van der Waals surface area contributed by atoms with Gasteiger partial charge in [0, 0.05) is 27.3 Å². The van der Waals surface area contributed by atoms with Crippen LogP contribution in [0.5, 0.6) is 0 Å². The lowest BCUT2D eigenvalue weighted by atomic mass is 10.4. The molecule has 0 saturated carbocycles. The number of nitrogens with zero attached hydrogens (tertiary/aromatic N) is 3. The van der Waals surface area contributed by atoms with Gasteiger partial charge in [-0.1, -0.05) is 0 Å². The van der Waals surface area contributed by atoms with Crippen molar-refractivity contribution in [2.75, 3.05) is 5.32 Å². The van der Waals surface area contributed by atoms with Crippen LogP contribution in [0.2, 0.25) is 0 Å². The van der Waals surface area contributed by atoms with Crippen molar-refractivity contribution < 1.29 is 4.79 Å². The van der Waals surface area contributed by atoms with Gasteiger partial charge >= 0.3 is 0 Å². The van der Waals surface area contributed by atoms with Gasteiger partial charge in [-0.25, -0.2) is 9.67 Å². The first kappa shape index (κ1) is 15.4. The summed E-state index contributed by atoms with van der Waals surface area (Å²) in [6.07, 6.45) is 1.67. The first-order chi connectivity index (χ1) is 10.5. The number of carbonyl (C=O) groups excluding carboxylic acids is 1. The van der Waals surface area contributed by atoms with Gasteiger partial charge in [0.2, 0.25) is 0 Å². The SMILES string of the molecule is CC(C)n1nccc1NC(=O)c1csc(-c2cc(Br)cs2)n1. The van der Waals surface area contributed by atoms with Crippen molar-refractivity contribution in [2.24, 2.45) is 0 Å². The molecule has 5 nitrogen and oxygen atoms in total. The van der Waals surface area contributed by atoms with Crippen LogP contribution in [0.15, 0.2) is 33.6 Å². The van der Waals surface area contributed by atoms with Crippen LogP contribution in [-0.4, -0.2) is 20.7 Å². The summed E-state index contributed by atoms with van der Waals surface area (Å²) in [5.74, 6) is 0.453. The summed E-state index contributed by atoms with van der Waals surface area (Å²) in [6, 6.07) is 3.96. The molecule has 114 valence electrons. The smallest absolute Gasteiger partial charge is 0.276 e. The number of hydrogen-bond donors (Lipinski definition) is 1. The van der Waals surface area contributed by atoms with Gasteiger partial charge in [-0.2, -0.15) is 5.10 Å². The maximum absolute atomic E-state index is 12.3. The molecule has 3 aromatic heterocycles. The normalized spacial score (nSPS) is 11.1. The van der Waals surface area contributed by atoms with E-state index in [1.54, 1.807) is 33.7 Å². The molecule has 0 atom stereocenters. The average molecular weight is 397 g/mol. The van der Waals surface area contributed by atoms with Crippen molar-refractivity contribution in [3.8, 4) is 9.88 Å². The first-order valence-corrected chi connectivity index (χ1v) is 9.14. The molecule has 0 spiro atoms. The summed E-state index contributed by atoms with van der Waals surface area (Å²) in [5, 5.41) is 11.7. The van der Waals surface area contributed by atoms with Crippen molar-refractivity contribution in [3.63, 3.8) is 0 Å². The lowest BCUT2D eigenvalue weighted by Gasteiger charge is -2.10. The third kappa shape index (κ3) is 3.13. The number of anilines is 1. The summed E-state index contributed by atoms with van der Waals surface area (Å²) in [6.45, 7) is 4.02. The van der Waals surface area contributed by atoms with Crippen LogP contribution in [0.1, 0.15) is 30.4 Å². The quantitative estimate of drug-likeness (QED) is 0.696. The van der Waals surface area contributed by atoms with E-state index in [2.05, 4.69) is 31.3 Å². The second kappa shape index (κ2) is 6.31. The molecule has 3 heterocycles. The van der Waals surface area contributed by atoms with Crippen LogP contribution in [-0.2, 0) is 0 Å². The number of rotatable bonds is 4. The van der Waals surface area contributed by atoms with Gasteiger partial charge in [0.15, 0.2) is 0 Å². The van der Waals surface area contributed by atoms with Crippen LogP contribution >= 0.6 is 38.6 Å². The second-order valence-corrected chi connectivity index (χ2v) is 7.56. The molecule has 0 aliphatic heterocycles. The van der Waals surface area contributed by atoms with Gasteiger partial charge in [0.25, 0.3) is 5.91 Å². The number of thiazole rings is 1. The zero-order valence-corrected chi connectivity index (χ0v) is 15.1. The van der Waals surface area contributed by atoms with Gasteiger partial charge in [-0.15, -0.1) is 22.7 Å². The zero-order valence-electron chi connectivity index (χ0n) is 11.9. The Morgan fingerprint density at radius 1 is 1.36 bits per heavy atom. The number of carbonyl (C=O) groups is 1. The Morgan fingerprint density at radius 2 is 2.18 bits per heavy atom. The van der Waals surface area contributed by atoms with E-state index in [0.717, 1.165) is 14.4 Å². The third-order valence-electron chi connectivity index (χ3n) is 2.92. The Kier molecular flexibility index (Phi) is 4.42. The molecule has 1 amide bonds.